The van der Waals surface area contributed by atoms with Crippen LogP contribution in [0.4, 0.5) is 0 Å². The maximum Gasteiger partial charge on any atom is 0.0165 e. The van der Waals surface area contributed by atoms with Crippen molar-refractivity contribution in [1.82, 2.24) is 5.32 Å². The van der Waals surface area contributed by atoms with Gasteiger partial charge in [-0.15, -0.1) is 0 Å². The van der Waals surface area contributed by atoms with E-state index in [9.17, 15) is 0 Å². The van der Waals surface area contributed by atoms with E-state index in [4.69, 9.17) is 5.73 Å². The van der Waals surface area contributed by atoms with Crippen molar-refractivity contribution >= 4 is 0 Å². The lowest BCUT2D eigenvalue weighted by Gasteiger charge is -2.11. The van der Waals surface area contributed by atoms with Crippen LogP contribution in [0.25, 0.3) is 0 Å². The molecule has 0 aromatic heterocycles. The zero-order chi connectivity index (χ0) is 9.94. The molecule has 1 atom stereocenters. The van der Waals surface area contributed by atoms with E-state index in [2.05, 4.69) is 19.2 Å². The minimum Gasteiger partial charge on any atom is -0.327 e. The molecule has 0 aromatic rings. The van der Waals surface area contributed by atoms with Crippen LogP contribution in [-0.2, 0) is 0 Å². The van der Waals surface area contributed by atoms with Crippen molar-refractivity contribution in [3.05, 3.63) is 0 Å². The number of hydrogen-bond acceptors (Lipinski definition) is 2. The standard InChI is InChI=1S/C11H26N2/c1-3-5-6-7-8-11(12)10-13-9-4-2/h11,13H,3-10,12H2,1-2H3/t11-/m0/s1. The molecule has 0 spiro atoms. The van der Waals surface area contributed by atoms with E-state index in [1.165, 1.54) is 38.5 Å². The Morgan fingerprint density at radius 2 is 1.85 bits per heavy atom. The smallest absolute Gasteiger partial charge is 0.0165 e. The van der Waals surface area contributed by atoms with Crippen LogP contribution in [0, 0.1) is 0 Å². The van der Waals surface area contributed by atoms with E-state index in [1.807, 2.05) is 0 Å². The Morgan fingerprint density at radius 3 is 2.46 bits per heavy atom. The van der Waals surface area contributed by atoms with Crippen LogP contribution in [0.3, 0.4) is 0 Å². The summed E-state index contributed by atoms with van der Waals surface area (Å²) in [4.78, 5) is 0. The predicted octanol–water partition coefficient (Wildman–Crippen LogP) is 2.28. The molecular formula is C11H26N2. The molecule has 0 fully saturated rings. The Hall–Kier alpha value is -0.0800. The van der Waals surface area contributed by atoms with Crippen molar-refractivity contribution in [1.29, 1.82) is 0 Å². The van der Waals surface area contributed by atoms with E-state index < -0.39 is 0 Å². The summed E-state index contributed by atoms with van der Waals surface area (Å²) in [6, 6.07) is 0.364. The third-order valence-electron chi connectivity index (χ3n) is 2.26. The summed E-state index contributed by atoms with van der Waals surface area (Å²) in [5, 5.41) is 3.35. The van der Waals surface area contributed by atoms with Gasteiger partial charge in [0.15, 0.2) is 0 Å². The maximum absolute atomic E-state index is 5.93. The SMILES string of the molecule is CCCCCC[C@H](N)CNCCC. The molecule has 2 heteroatoms. The van der Waals surface area contributed by atoms with Gasteiger partial charge in [0.1, 0.15) is 0 Å². The largest absolute Gasteiger partial charge is 0.327 e. The molecule has 0 radical (unpaired) electrons. The Morgan fingerprint density at radius 1 is 1.08 bits per heavy atom. The van der Waals surface area contributed by atoms with E-state index in [0.717, 1.165) is 13.1 Å². The fourth-order valence-corrected chi connectivity index (χ4v) is 1.40. The van der Waals surface area contributed by atoms with Crippen molar-refractivity contribution in [2.75, 3.05) is 13.1 Å². The monoisotopic (exact) mass is 186 g/mol. The quantitative estimate of drug-likeness (QED) is 0.542. The van der Waals surface area contributed by atoms with Gasteiger partial charge in [-0.25, -0.2) is 0 Å². The molecule has 2 nitrogen and oxygen atoms in total. The van der Waals surface area contributed by atoms with E-state index >= 15 is 0 Å². The molecule has 0 heterocycles. The molecule has 0 rings (SSSR count). The van der Waals surface area contributed by atoms with Crippen molar-refractivity contribution in [2.45, 2.75) is 58.4 Å². The molecule has 0 unspecified atom stereocenters. The van der Waals surface area contributed by atoms with Gasteiger partial charge in [0, 0.05) is 12.6 Å². The van der Waals surface area contributed by atoms with E-state index in [1.54, 1.807) is 0 Å². The van der Waals surface area contributed by atoms with Gasteiger partial charge in [-0.2, -0.15) is 0 Å². The second kappa shape index (κ2) is 10.0. The Kier molecular flexibility index (Phi) is 9.94. The highest BCUT2D eigenvalue weighted by Gasteiger charge is 2.00. The van der Waals surface area contributed by atoms with Crippen LogP contribution < -0.4 is 11.1 Å². The Labute approximate surface area is 83.3 Å². The molecule has 13 heavy (non-hydrogen) atoms. The van der Waals surface area contributed by atoms with Crippen molar-refractivity contribution in [3.8, 4) is 0 Å². The van der Waals surface area contributed by atoms with Crippen LogP contribution in [0.2, 0.25) is 0 Å². The summed E-state index contributed by atoms with van der Waals surface area (Å²) < 4.78 is 0. The Bertz CT molecular complexity index is 94.1. The average molecular weight is 186 g/mol. The molecular weight excluding hydrogens is 160 g/mol. The first-order valence-corrected chi connectivity index (χ1v) is 5.77. The summed E-state index contributed by atoms with van der Waals surface area (Å²) in [7, 11) is 0. The summed E-state index contributed by atoms with van der Waals surface area (Å²) >= 11 is 0. The predicted molar refractivity (Wildman–Crippen MR) is 59.9 cm³/mol. The van der Waals surface area contributed by atoms with Crippen molar-refractivity contribution < 1.29 is 0 Å². The first kappa shape index (κ1) is 12.9. The van der Waals surface area contributed by atoms with Crippen LogP contribution in [0.1, 0.15) is 52.4 Å². The zero-order valence-electron chi connectivity index (χ0n) is 9.31. The Balaban J connectivity index is 3.05. The molecule has 0 aliphatic heterocycles. The van der Waals surface area contributed by atoms with Crippen LogP contribution in [0.15, 0.2) is 0 Å². The first-order chi connectivity index (χ1) is 6.31. The van der Waals surface area contributed by atoms with Gasteiger partial charge in [0.25, 0.3) is 0 Å². The summed E-state index contributed by atoms with van der Waals surface area (Å²) in [5.74, 6) is 0. The van der Waals surface area contributed by atoms with Gasteiger partial charge in [-0.3, -0.25) is 0 Å². The normalized spacial score (nSPS) is 13.2. The number of hydrogen-bond donors (Lipinski definition) is 2. The maximum atomic E-state index is 5.93. The highest BCUT2D eigenvalue weighted by Crippen LogP contribution is 2.03. The molecule has 80 valence electrons. The van der Waals surface area contributed by atoms with Crippen LogP contribution >= 0.6 is 0 Å². The highest BCUT2D eigenvalue weighted by atomic mass is 14.9. The minimum absolute atomic E-state index is 0.364. The molecule has 3 N–H and O–H groups in total. The summed E-state index contributed by atoms with van der Waals surface area (Å²) in [6.45, 7) is 6.51. The second-order valence-electron chi connectivity index (χ2n) is 3.81. The zero-order valence-corrected chi connectivity index (χ0v) is 9.31. The fourth-order valence-electron chi connectivity index (χ4n) is 1.40. The lowest BCUT2D eigenvalue weighted by molar-refractivity contribution is 0.509. The fraction of sp³-hybridized carbons (Fsp3) is 1.00. The molecule has 0 bridgehead atoms. The van der Waals surface area contributed by atoms with Crippen LogP contribution in [0.5, 0.6) is 0 Å². The lowest BCUT2D eigenvalue weighted by atomic mass is 10.1. The third-order valence-corrected chi connectivity index (χ3v) is 2.26. The van der Waals surface area contributed by atoms with Gasteiger partial charge in [-0.1, -0.05) is 39.5 Å². The van der Waals surface area contributed by atoms with E-state index in [0.29, 0.717) is 6.04 Å². The van der Waals surface area contributed by atoms with Crippen molar-refractivity contribution in [3.63, 3.8) is 0 Å². The highest BCUT2D eigenvalue weighted by molar-refractivity contribution is 4.64. The van der Waals surface area contributed by atoms with Gasteiger partial charge >= 0.3 is 0 Å². The van der Waals surface area contributed by atoms with Crippen LogP contribution in [-0.4, -0.2) is 19.1 Å². The third kappa shape index (κ3) is 9.84. The molecule has 0 aliphatic carbocycles. The number of nitrogens with one attached hydrogen (secondary N) is 1. The van der Waals surface area contributed by atoms with E-state index in [-0.39, 0.29) is 0 Å². The van der Waals surface area contributed by atoms with Gasteiger partial charge < -0.3 is 11.1 Å². The summed E-state index contributed by atoms with van der Waals surface area (Å²) in [5.41, 5.74) is 5.93. The number of nitrogens with two attached hydrogens (primary N) is 1. The minimum atomic E-state index is 0.364. The average Bonchev–Trinajstić information content (AvgIpc) is 2.13. The van der Waals surface area contributed by atoms with Gasteiger partial charge in [0.05, 0.1) is 0 Å². The molecule has 0 aliphatic rings. The molecule has 0 saturated heterocycles. The lowest BCUT2D eigenvalue weighted by Crippen LogP contribution is -2.34. The van der Waals surface area contributed by atoms with Gasteiger partial charge in [0.2, 0.25) is 0 Å². The van der Waals surface area contributed by atoms with Gasteiger partial charge in [-0.05, 0) is 19.4 Å². The topological polar surface area (TPSA) is 38.0 Å². The second-order valence-corrected chi connectivity index (χ2v) is 3.81. The molecule has 0 aromatic carbocycles. The first-order valence-electron chi connectivity index (χ1n) is 5.77. The van der Waals surface area contributed by atoms with Crippen molar-refractivity contribution in [2.24, 2.45) is 5.73 Å². The number of unbranched alkanes of at least 4 members (excludes halogenated alkanes) is 3. The molecule has 0 amide bonds. The molecule has 0 saturated carbocycles. The summed E-state index contributed by atoms with van der Waals surface area (Å²) in [6.07, 6.45) is 7.68. The number of rotatable bonds is 9.